The standard InChI is InChI=1S/C15H17FN2O3/c1-2-3-4-9-18-14(20)12(13(19)17-15(18)21)10-5-7-11(16)8-6-10/h5-8,12H,2-4,9H2,1H3,(H,17,19,21). The lowest BCUT2D eigenvalue weighted by molar-refractivity contribution is -0.138. The molecule has 1 heterocycles. The van der Waals surface area contributed by atoms with Crippen molar-refractivity contribution in [1.29, 1.82) is 0 Å². The van der Waals surface area contributed by atoms with Crippen LogP contribution in [0.25, 0.3) is 0 Å². The van der Waals surface area contributed by atoms with Crippen LogP contribution in [0.3, 0.4) is 0 Å². The molecule has 1 aromatic rings. The molecule has 1 N–H and O–H groups in total. The van der Waals surface area contributed by atoms with Gasteiger partial charge in [0.05, 0.1) is 0 Å². The molecule has 1 aromatic carbocycles. The molecular formula is C15H17FN2O3. The first-order valence-electron chi connectivity index (χ1n) is 6.96. The zero-order valence-electron chi connectivity index (χ0n) is 11.8. The summed E-state index contributed by atoms with van der Waals surface area (Å²) >= 11 is 0. The molecule has 0 aromatic heterocycles. The van der Waals surface area contributed by atoms with Crippen LogP contribution in [0.5, 0.6) is 0 Å². The van der Waals surface area contributed by atoms with Crippen LogP contribution in [0.2, 0.25) is 0 Å². The highest BCUT2D eigenvalue weighted by atomic mass is 19.1. The number of halogens is 1. The highest BCUT2D eigenvalue weighted by Crippen LogP contribution is 2.23. The number of benzene rings is 1. The Labute approximate surface area is 122 Å². The molecule has 1 fully saturated rings. The molecule has 1 unspecified atom stereocenters. The van der Waals surface area contributed by atoms with Gasteiger partial charge in [-0.25, -0.2) is 9.18 Å². The largest absolute Gasteiger partial charge is 0.330 e. The van der Waals surface area contributed by atoms with E-state index in [1.807, 2.05) is 6.92 Å². The second kappa shape index (κ2) is 6.47. The number of amides is 4. The van der Waals surface area contributed by atoms with E-state index >= 15 is 0 Å². The molecule has 112 valence electrons. The molecule has 1 aliphatic rings. The predicted octanol–water partition coefficient (Wildman–Crippen LogP) is 2.18. The molecule has 0 radical (unpaired) electrons. The lowest BCUT2D eigenvalue weighted by Crippen LogP contribution is -2.56. The summed E-state index contributed by atoms with van der Waals surface area (Å²) in [5, 5.41) is 2.18. The number of barbiturate groups is 1. The number of carbonyl (C=O) groups is 3. The second-order valence-electron chi connectivity index (χ2n) is 4.98. The highest BCUT2D eigenvalue weighted by Gasteiger charge is 2.40. The van der Waals surface area contributed by atoms with Gasteiger partial charge in [-0.2, -0.15) is 0 Å². The number of imide groups is 2. The summed E-state index contributed by atoms with van der Waals surface area (Å²) in [6.07, 6.45) is 2.55. The van der Waals surface area contributed by atoms with Crippen LogP contribution >= 0.6 is 0 Å². The quantitative estimate of drug-likeness (QED) is 0.668. The van der Waals surface area contributed by atoms with E-state index < -0.39 is 29.6 Å². The maximum atomic E-state index is 12.9. The Morgan fingerprint density at radius 2 is 1.81 bits per heavy atom. The monoisotopic (exact) mass is 292 g/mol. The van der Waals surface area contributed by atoms with Crippen molar-refractivity contribution in [2.24, 2.45) is 0 Å². The summed E-state index contributed by atoms with van der Waals surface area (Å²) in [5.41, 5.74) is 0.381. The van der Waals surface area contributed by atoms with E-state index in [0.717, 1.165) is 17.7 Å². The van der Waals surface area contributed by atoms with Crippen molar-refractivity contribution < 1.29 is 18.8 Å². The molecule has 1 saturated heterocycles. The minimum absolute atomic E-state index is 0.281. The van der Waals surface area contributed by atoms with Gasteiger partial charge in [0.25, 0.3) is 0 Å². The minimum Gasteiger partial charge on any atom is -0.277 e. The maximum absolute atomic E-state index is 12.9. The summed E-state index contributed by atoms with van der Waals surface area (Å²) < 4.78 is 12.9. The van der Waals surface area contributed by atoms with Crippen LogP contribution in [-0.4, -0.2) is 29.3 Å². The van der Waals surface area contributed by atoms with Gasteiger partial charge in [-0.3, -0.25) is 19.8 Å². The van der Waals surface area contributed by atoms with Crippen LogP contribution < -0.4 is 5.32 Å². The third kappa shape index (κ3) is 3.26. The molecule has 1 atom stereocenters. The SMILES string of the molecule is CCCCCN1C(=O)NC(=O)C(c2ccc(F)cc2)C1=O. The summed E-state index contributed by atoms with van der Waals surface area (Å²) in [6.45, 7) is 2.30. The lowest BCUT2D eigenvalue weighted by Gasteiger charge is -2.30. The van der Waals surface area contributed by atoms with Gasteiger partial charge < -0.3 is 0 Å². The van der Waals surface area contributed by atoms with E-state index in [1.54, 1.807) is 0 Å². The van der Waals surface area contributed by atoms with Gasteiger partial charge in [-0.1, -0.05) is 31.9 Å². The molecule has 0 bridgehead atoms. The fraction of sp³-hybridized carbons (Fsp3) is 0.400. The molecular weight excluding hydrogens is 275 g/mol. The van der Waals surface area contributed by atoms with E-state index in [2.05, 4.69) is 5.32 Å². The molecule has 0 saturated carbocycles. The van der Waals surface area contributed by atoms with Crippen molar-refractivity contribution in [3.63, 3.8) is 0 Å². The van der Waals surface area contributed by atoms with Crippen molar-refractivity contribution in [2.75, 3.05) is 6.54 Å². The molecule has 4 amide bonds. The van der Waals surface area contributed by atoms with Crippen LogP contribution in [0.15, 0.2) is 24.3 Å². The molecule has 1 aliphatic heterocycles. The minimum atomic E-state index is -1.09. The maximum Gasteiger partial charge on any atom is 0.330 e. The summed E-state index contributed by atoms with van der Waals surface area (Å²) in [4.78, 5) is 37.1. The first kappa shape index (κ1) is 15.2. The molecule has 0 aliphatic carbocycles. The van der Waals surface area contributed by atoms with Gasteiger partial charge in [0.15, 0.2) is 0 Å². The van der Waals surface area contributed by atoms with Crippen LogP contribution in [0.4, 0.5) is 9.18 Å². The molecule has 0 spiro atoms. The number of urea groups is 1. The summed E-state index contributed by atoms with van der Waals surface area (Å²) in [5.74, 6) is -2.75. The normalized spacial score (nSPS) is 18.9. The first-order valence-corrected chi connectivity index (χ1v) is 6.96. The van der Waals surface area contributed by atoms with Gasteiger partial charge in [0.2, 0.25) is 11.8 Å². The Morgan fingerprint density at radius 3 is 2.43 bits per heavy atom. The lowest BCUT2D eigenvalue weighted by atomic mass is 9.95. The van der Waals surface area contributed by atoms with Crippen molar-refractivity contribution in [3.05, 3.63) is 35.6 Å². The van der Waals surface area contributed by atoms with Crippen molar-refractivity contribution in [2.45, 2.75) is 32.1 Å². The van der Waals surface area contributed by atoms with E-state index in [4.69, 9.17) is 0 Å². The van der Waals surface area contributed by atoms with E-state index in [0.29, 0.717) is 12.0 Å². The smallest absolute Gasteiger partial charge is 0.277 e. The first-order chi connectivity index (χ1) is 10.0. The fourth-order valence-electron chi connectivity index (χ4n) is 2.29. The number of hydrogen-bond acceptors (Lipinski definition) is 3. The van der Waals surface area contributed by atoms with Crippen molar-refractivity contribution in [3.8, 4) is 0 Å². The Balaban J connectivity index is 2.20. The third-order valence-electron chi connectivity index (χ3n) is 3.44. The Bertz CT molecular complexity index is 557. The molecule has 5 nitrogen and oxygen atoms in total. The second-order valence-corrected chi connectivity index (χ2v) is 4.98. The number of unbranched alkanes of at least 4 members (excludes halogenated alkanes) is 2. The zero-order valence-corrected chi connectivity index (χ0v) is 11.8. The summed E-state index contributed by atoms with van der Waals surface area (Å²) in [7, 11) is 0. The Hall–Kier alpha value is -2.24. The van der Waals surface area contributed by atoms with Gasteiger partial charge in [0.1, 0.15) is 11.7 Å². The van der Waals surface area contributed by atoms with Gasteiger partial charge in [0, 0.05) is 6.54 Å². The van der Waals surface area contributed by atoms with Crippen LogP contribution in [-0.2, 0) is 9.59 Å². The van der Waals surface area contributed by atoms with Crippen molar-refractivity contribution in [1.82, 2.24) is 10.2 Å². The number of carbonyl (C=O) groups excluding carboxylic acids is 3. The molecule has 21 heavy (non-hydrogen) atoms. The average Bonchev–Trinajstić information content (AvgIpc) is 2.44. The zero-order chi connectivity index (χ0) is 15.4. The fourth-order valence-corrected chi connectivity index (χ4v) is 2.29. The number of hydrogen-bond donors (Lipinski definition) is 1. The van der Waals surface area contributed by atoms with E-state index in [-0.39, 0.29) is 6.54 Å². The number of nitrogens with zero attached hydrogens (tertiary/aromatic N) is 1. The topological polar surface area (TPSA) is 66.5 Å². The van der Waals surface area contributed by atoms with Gasteiger partial charge in [-0.05, 0) is 24.1 Å². The van der Waals surface area contributed by atoms with Crippen LogP contribution in [0, 0.1) is 5.82 Å². The molecule has 6 heteroatoms. The Morgan fingerprint density at radius 1 is 1.14 bits per heavy atom. The average molecular weight is 292 g/mol. The van der Waals surface area contributed by atoms with Gasteiger partial charge in [-0.15, -0.1) is 0 Å². The summed E-state index contributed by atoms with van der Waals surface area (Å²) in [6, 6.07) is 4.47. The number of rotatable bonds is 5. The van der Waals surface area contributed by atoms with Crippen molar-refractivity contribution >= 4 is 17.8 Å². The predicted molar refractivity (Wildman–Crippen MR) is 73.9 cm³/mol. The Kier molecular flexibility index (Phi) is 4.67. The van der Waals surface area contributed by atoms with E-state index in [1.165, 1.54) is 24.3 Å². The van der Waals surface area contributed by atoms with Crippen LogP contribution in [0.1, 0.15) is 37.7 Å². The highest BCUT2D eigenvalue weighted by molar-refractivity contribution is 6.19. The van der Waals surface area contributed by atoms with Gasteiger partial charge >= 0.3 is 6.03 Å². The number of nitrogens with one attached hydrogen (secondary N) is 1. The molecule has 2 rings (SSSR count). The third-order valence-corrected chi connectivity index (χ3v) is 3.44. The van der Waals surface area contributed by atoms with E-state index in [9.17, 15) is 18.8 Å².